The average molecular weight is 268 g/mol. The number of carbonyl (C=O) groups is 2. The molecule has 0 heterocycles. The second-order valence-corrected chi connectivity index (χ2v) is 3.55. The van der Waals surface area contributed by atoms with Crippen molar-refractivity contribution < 1.29 is 14.3 Å². The molecule has 0 spiro atoms. The molecule has 0 amide bonds. The molecule has 0 aromatic heterocycles. The van der Waals surface area contributed by atoms with Gasteiger partial charge in [-0.3, -0.25) is 4.79 Å². The van der Waals surface area contributed by atoms with Crippen molar-refractivity contribution in [2.45, 2.75) is 0 Å². The van der Waals surface area contributed by atoms with Gasteiger partial charge >= 0.3 is 5.97 Å². The molecular weight excluding hydrogens is 262 g/mol. The maximum Gasteiger partial charge on any atom is 0.338 e. The van der Waals surface area contributed by atoms with Crippen molar-refractivity contribution in [1.29, 1.82) is 5.26 Å². The zero-order valence-electron chi connectivity index (χ0n) is 7.78. The fraction of sp³-hybridized carbons (Fsp3) is 0.100. The molecule has 1 rings (SSSR count). The van der Waals surface area contributed by atoms with E-state index in [0.717, 1.165) is 0 Å². The summed E-state index contributed by atoms with van der Waals surface area (Å²) in [5.74, 6) is -0.644. The van der Waals surface area contributed by atoms with E-state index >= 15 is 0 Å². The first kappa shape index (κ1) is 11.4. The van der Waals surface area contributed by atoms with E-state index in [4.69, 9.17) is 5.26 Å². The molecule has 0 radical (unpaired) electrons. The molecule has 0 saturated carbocycles. The summed E-state index contributed by atoms with van der Waals surface area (Å²) in [4.78, 5) is 22.1. The van der Waals surface area contributed by atoms with E-state index in [1.807, 2.05) is 6.07 Å². The van der Waals surface area contributed by atoms with Crippen LogP contribution in [0.3, 0.4) is 0 Å². The molecule has 1 aromatic rings. The van der Waals surface area contributed by atoms with Crippen LogP contribution in [0.1, 0.15) is 26.3 Å². The van der Waals surface area contributed by atoms with Crippen molar-refractivity contribution in [3.63, 3.8) is 0 Å². The van der Waals surface area contributed by atoms with Crippen LogP contribution in [0, 0.1) is 11.3 Å². The Balaban J connectivity index is 3.50. The quantitative estimate of drug-likeness (QED) is 0.607. The van der Waals surface area contributed by atoms with Gasteiger partial charge in [0.2, 0.25) is 0 Å². The molecule has 0 atom stereocenters. The number of halogens is 1. The van der Waals surface area contributed by atoms with Crippen LogP contribution >= 0.6 is 15.9 Å². The molecular formula is C10H6BrNO3. The van der Waals surface area contributed by atoms with Crippen LogP contribution in [-0.2, 0) is 4.74 Å². The van der Waals surface area contributed by atoms with E-state index in [1.54, 1.807) is 0 Å². The first-order valence-corrected chi connectivity index (χ1v) is 4.70. The summed E-state index contributed by atoms with van der Waals surface area (Å²) in [6.07, 6.45) is 0.469. The molecule has 4 nitrogen and oxygen atoms in total. The Hall–Kier alpha value is -1.67. The number of esters is 1. The minimum atomic E-state index is -0.644. The largest absolute Gasteiger partial charge is 0.465 e. The standard InChI is InChI=1S/C10H6BrNO3/c1-15-10(14)8-3-7(11)2-6(4-12)9(8)5-13/h2-3,5H,1H3. The Kier molecular flexibility index (Phi) is 3.58. The third-order valence-electron chi connectivity index (χ3n) is 1.79. The van der Waals surface area contributed by atoms with Crippen LogP contribution < -0.4 is 0 Å². The van der Waals surface area contributed by atoms with Gasteiger partial charge in [0, 0.05) is 10.0 Å². The Morgan fingerprint density at radius 1 is 1.60 bits per heavy atom. The average Bonchev–Trinajstić information content (AvgIpc) is 2.26. The van der Waals surface area contributed by atoms with Gasteiger partial charge in [-0.25, -0.2) is 4.79 Å². The van der Waals surface area contributed by atoms with Crippen LogP contribution in [0.15, 0.2) is 16.6 Å². The van der Waals surface area contributed by atoms with Gasteiger partial charge < -0.3 is 4.74 Å². The number of aldehydes is 1. The number of carbonyl (C=O) groups excluding carboxylic acids is 2. The fourth-order valence-electron chi connectivity index (χ4n) is 1.12. The highest BCUT2D eigenvalue weighted by Crippen LogP contribution is 2.20. The Labute approximate surface area is 94.6 Å². The Morgan fingerprint density at radius 3 is 2.73 bits per heavy atom. The Morgan fingerprint density at radius 2 is 2.27 bits per heavy atom. The predicted octanol–water partition coefficient (Wildman–Crippen LogP) is 1.92. The van der Waals surface area contributed by atoms with Crippen molar-refractivity contribution in [1.82, 2.24) is 0 Å². The molecule has 0 unspecified atom stereocenters. The zero-order chi connectivity index (χ0) is 11.4. The highest BCUT2D eigenvalue weighted by Gasteiger charge is 2.16. The number of nitrogens with zero attached hydrogens (tertiary/aromatic N) is 1. The van der Waals surface area contributed by atoms with E-state index in [1.165, 1.54) is 19.2 Å². The van der Waals surface area contributed by atoms with Gasteiger partial charge in [-0.15, -0.1) is 0 Å². The van der Waals surface area contributed by atoms with E-state index in [0.29, 0.717) is 10.8 Å². The summed E-state index contributed by atoms with van der Waals surface area (Å²) >= 11 is 3.14. The van der Waals surface area contributed by atoms with E-state index in [-0.39, 0.29) is 16.7 Å². The van der Waals surface area contributed by atoms with Crippen molar-refractivity contribution in [3.05, 3.63) is 33.3 Å². The predicted molar refractivity (Wildman–Crippen MR) is 55.6 cm³/mol. The molecule has 15 heavy (non-hydrogen) atoms. The third kappa shape index (κ3) is 2.22. The molecule has 0 N–H and O–H groups in total. The number of nitriles is 1. The summed E-state index contributed by atoms with van der Waals surface area (Å²) < 4.78 is 5.05. The van der Waals surface area contributed by atoms with Gasteiger partial charge in [0.1, 0.15) is 0 Å². The van der Waals surface area contributed by atoms with Crippen molar-refractivity contribution in [2.24, 2.45) is 0 Å². The van der Waals surface area contributed by atoms with Gasteiger partial charge in [0.05, 0.1) is 24.3 Å². The number of methoxy groups -OCH3 is 1. The second-order valence-electron chi connectivity index (χ2n) is 2.64. The van der Waals surface area contributed by atoms with E-state index in [2.05, 4.69) is 20.7 Å². The normalized spacial score (nSPS) is 9.13. The number of ether oxygens (including phenoxy) is 1. The number of hydrogen-bond acceptors (Lipinski definition) is 4. The first-order chi connectivity index (χ1) is 7.13. The summed E-state index contributed by atoms with van der Waals surface area (Å²) in [6.45, 7) is 0. The van der Waals surface area contributed by atoms with Gasteiger partial charge in [-0.05, 0) is 12.1 Å². The van der Waals surface area contributed by atoms with Gasteiger partial charge in [0.15, 0.2) is 6.29 Å². The molecule has 1 aromatic carbocycles. The molecule has 76 valence electrons. The summed E-state index contributed by atoms with van der Waals surface area (Å²) in [5.41, 5.74) is 0.269. The van der Waals surface area contributed by atoms with Crippen LogP contribution in [-0.4, -0.2) is 19.4 Å². The molecule has 0 aliphatic carbocycles. The molecule has 0 saturated heterocycles. The Bertz CT molecular complexity index is 462. The first-order valence-electron chi connectivity index (χ1n) is 3.91. The minimum Gasteiger partial charge on any atom is -0.465 e. The summed E-state index contributed by atoms with van der Waals surface area (Å²) in [7, 11) is 1.21. The maximum atomic E-state index is 11.3. The molecule has 5 heteroatoms. The van der Waals surface area contributed by atoms with Gasteiger partial charge in [-0.1, -0.05) is 15.9 Å². The monoisotopic (exact) mass is 267 g/mol. The second kappa shape index (κ2) is 4.71. The highest BCUT2D eigenvalue weighted by molar-refractivity contribution is 9.10. The highest BCUT2D eigenvalue weighted by atomic mass is 79.9. The van der Waals surface area contributed by atoms with Crippen LogP contribution in [0.5, 0.6) is 0 Å². The lowest BCUT2D eigenvalue weighted by Gasteiger charge is -2.04. The van der Waals surface area contributed by atoms with E-state index in [9.17, 15) is 9.59 Å². The lowest BCUT2D eigenvalue weighted by molar-refractivity contribution is 0.0598. The van der Waals surface area contributed by atoms with Crippen LogP contribution in [0.25, 0.3) is 0 Å². The third-order valence-corrected chi connectivity index (χ3v) is 2.25. The van der Waals surface area contributed by atoms with E-state index < -0.39 is 5.97 Å². The molecule has 0 fully saturated rings. The van der Waals surface area contributed by atoms with Gasteiger partial charge in [0.25, 0.3) is 0 Å². The number of rotatable bonds is 2. The van der Waals surface area contributed by atoms with Crippen molar-refractivity contribution in [3.8, 4) is 6.07 Å². The van der Waals surface area contributed by atoms with Gasteiger partial charge in [-0.2, -0.15) is 5.26 Å². The minimum absolute atomic E-state index is 0.0487. The summed E-state index contributed by atoms with van der Waals surface area (Å²) in [5, 5.41) is 8.77. The van der Waals surface area contributed by atoms with Crippen molar-refractivity contribution >= 4 is 28.2 Å². The lowest BCUT2D eigenvalue weighted by atomic mass is 10.0. The smallest absolute Gasteiger partial charge is 0.338 e. The topological polar surface area (TPSA) is 67.2 Å². The van der Waals surface area contributed by atoms with Crippen molar-refractivity contribution in [2.75, 3.05) is 7.11 Å². The number of benzene rings is 1. The molecule has 0 aliphatic heterocycles. The van der Waals surface area contributed by atoms with Crippen LogP contribution in [0.4, 0.5) is 0 Å². The molecule has 0 bridgehead atoms. The zero-order valence-corrected chi connectivity index (χ0v) is 9.37. The maximum absolute atomic E-state index is 11.3. The fourth-order valence-corrected chi connectivity index (χ4v) is 1.57. The SMILES string of the molecule is COC(=O)c1cc(Br)cc(C#N)c1C=O. The van der Waals surface area contributed by atoms with Crippen LogP contribution in [0.2, 0.25) is 0 Å². The molecule has 0 aliphatic rings. The lowest BCUT2D eigenvalue weighted by Crippen LogP contribution is -2.07. The number of hydrogen-bond donors (Lipinski definition) is 0. The summed E-state index contributed by atoms with van der Waals surface area (Å²) in [6, 6.07) is 4.75.